The molecule has 1 aliphatic rings. The lowest BCUT2D eigenvalue weighted by Gasteiger charge is -2.25. The molecular formula is C24H24N2O4S2. The first kappa shape index (κ1) is 22.2. The Morgan fingerprint density at radius 3 is 2.62 bits per heavy atom. The summed E-state index contributed by atoms with van der Waals surface area (Å²) in [5.41, 5.74) is 1.54. The summed E-state index contributed by atoms with van der Waals surface area (Å²) in [7, 11) is 0. The molecule has 1 atom stereocenters. The molecule has 0 radical (unpaired) electrons. The minimum Gasteiger partial charge on any atom is -0.494 e. The number of nitrogens with zero attached hydrogens (tertiary/aromatic N) is 2. The average molecular weight is 469 g/mol. The Kier molecular flexibility index (Phi) is 6.43. The molecule has 0 aliphatic carbocycles. The number of hydrogen-bond donors (Lipinski definition) is 0. The van der Waals surface area contributed by atoms with E-state index in [0.717, 1.165) is 16.2 Å². The fourth-order valence-electron chi connectivity index (χ4n) is 3.59. The fraction of sp³-hybridized carbons (Fsp3) is 0.292. The Bertz CT molecular complexity index is 1330. The Balaban J connectivity index is 1.91. The Morgan fingerprint density at radius 1 is 1.25 bits per heavy atom. The van der Waals surface area contributed by atoms with Crippen molar-refractivity contribution in [2.45, 2.75) is 39.8 Å². The number of benzene rings is 1. The van der Waals surface area contributed by atoms with Crippen LogP contribution in [0, 0.1) is 0 Å². The molecule has 4 rings (SSSR count). The molecule has 0 spiro atoms. The Labute approximate surface area is 193 Å². The first-order valence-corrected chi connectivity index (χ1v) is 12.1. The predicted molar refractivity (Wildman–Crippen MR) is 127 cm³/mol. The molecule has 166 valence electrons. The van der Waals surface area contributed by atoms with Crippen molar-refractivity contribution in [3.8, 4) is 5.75 Å². The molecule has 1 unspecified atom stereocenters. The summed E-state index contributed by atoms with van der Waals surface area (Å²) in [4.78, 5) is 32.7. The minimum atomic E-state index is -0.626. The Hall–Kier alpha value is -2.97. The number of thiazole rings is 1. The van der Waals surface area contributed by atoms with Gasteiger partial charge in [0.15, 0.2) is 4.80 Å². The number of rotatable bonds is 6. The summed E-state index contributed by atoms with van der Waals surface area (Å²) in [5.74, 6) is 0.265. The molecule has 8 heteroatoms. The third-order valence-electron chi connectivity index (χ3n) is 4.91. The van der Waals surface area contributed by atoms with Gasteiger partial charge in [0.25, 0.3) is 5.56 Å². The number of thiophene rings is 1. The van der Waals surface area contributed by atoms with Gasteiger partial charge in [-0.2, -0.15) is 0 Å². The third-order valence-corrected chi connectivity index (χ3v) is 6.71. The SMILES string of the molecule is CCOc1ccc(C2C(C(=O)OC(C)C)=C(C)N=c3s/c(=C/c4cccs4)c(=O)n32)cc1. The highest BCUT2D eigenvalue weighted by atomic mass is 32.1. The zero-order valence-electron chi connectivity index (χ0n) is 18.3. The molecule has 1 aromatic carbocycles. The van der Waals surface area contributed by atoms with Gasteiger partial charge in [0.2, 0.25) is 0 Å². The maximum atomic E-state index is 13.5. The van der Waals surface area contributed by atoms with Crippen LogP contribution in [0.3, 0.4) is 0 Å². The van der Waals surface area contributed by atoms with Crippen LogP contribution in [0.2, 0.25) is 0 Å². The van der Waals surface area contributed by atoms with Crippen LogP contribution in [-0.2, 0) is 9.53 Å². The second-order valence-electron chi connectivity index (χ2n) is 7.55. The molecular weight excluding hydrogens is 444 g/mol. The maximum Gasteiger partial charge on any atom is 0.338 e. The first-order chi connectivity index (χ1) is 15.4. The molecule has 0 fully saturated rings. The highest BCUT2D eigenvalue weighted by Crippen LogP contribution is 2.32. The molecule has 0 amide bonds. The van der Waals surface area contributed by atoms with E-state index in [4.69, 9.17) is 9.47 Å². The predicted octanol–water partition coefficient (Wildman–Crippen LogP) is 3.65. The molecule has 0 saturated carbocycles. The average Bonchev–Trinajstić information content (AvgIpc) is 3.36. The van der Waals surface area contributed by atoms with Crippen LogP contribution < -0.4 is 19.6 Å². The van der Waals surface area contributed by atoms with Gasteiger partial charge in [0.1, 0.15) is 5.75 Å². The maximum absolute atomic E-state index is 13.5. The number of allylic oxidation sites excluding steroid dienone is 1. The van der Waals surface area contributed by atoms with Gasteiger partial charge >= 0.3 is 5.97 Å². The van der Waals surface area contributed by atoms with Gasteiger partial charge in [-0.05, 0) is 62.9 Å². The molecule has 1 aliphatic heterocycles. The Morgan fingerprint density at radius 2 is 2.00 bits per heavy atom. The van der Waals surface area contributed by atoms with E-state index in [1.165, 1.54) is 11.3 Å². The van der Waals surface area contributed by atoms with Gasteiger partial charge in [-0.1, -0.05) is 29.5 Å². The van der Waals surface area contributed by atoms with Crippen LogP contribution in [0.5, 0.6) is 5.75 Å². The van der Waals surface area contributed by atoms with Gasteiger partial charge < -0.3 is 9.47 Å². The number of ether oxygens (including phenoxy) is 2. The number of esters is 1. The minimum absolute atomic E-state index is 0.177. The van der Waals surface area contributed by atoms with E-state index in [9.17, 15) is 9.59 Å². The molecule has 0 saturated heterocycles. The van der Waals surface area contributed by atoms with Crippen LogP contribution in [0.15, 0.2) is 62.8 Å². The van der Waals surface area contributed by atoms with Gasteiger partial charge in [-0.3, -0.25) is 9.36 Å². The first-order valence-electron chi connectivity index (χ1n) is 10.4. The summed E-state index contributed by atoms with van der Waals surface area (Å²) >= 11 is 2.89. The van der Waals surface area contributed by atoms with Crippen molar-refractivity contribution in [1.29, 1.82) is 0 Å². The van der Waals surface area contributed by atoms with E-state index in [2.05, 4.69) is 4.99 Å². The highest BCUT2D eigenvalue weighted by Gasteiger charge is 2.33. The largest absolute Gasteiger partial charge is 0.494 e. The number of carbonyl (C=O) groups excluding carboxylic acids is 1. The molecule has 2 aromatic heterocycles. The van der Waals surface area contributed by atoms with E-state index in [1.54, 1.807) is 36.7 Å². The second kappa shape index (κ2) is 9.26. The number of carbonyl (C=O) groups is 1. The van der Waals surface area contributed by atoms with E-state index < -0.39 is 12.0 Å². The molecule has 32 heavy (non-hydrogen) atoms. The van der Waals surface area contributed by atoms with Crippen molar-refractivity contribution in [3.63, 3.8) is 0 Å². The molecule has 3 heterocycles. The van der Waals surface area contributed by atoms with Crippen molar-refractivity contribution < 1.29 is 14.3 Å². The van der Waals surface area contributed by atoms with Crippen molar-refractivity contribution in [1.82, 2.24) is 4.57 Å². The summed E-state index contributed by atoms with van der Waals surface area (Å²) in [5, 5.41) is 1.97. The third kappa shape index (κ3) is 4.33. The summed E-state index contributed by atoms with van der Waals surface area (Å²) in [6.45, 7) is 7.87. The summed E-state index contributed by atoms with van der Waals surface area (Å²) in [6, 6.07) is 10.7. The normalized spacial score (nSPS) is 16.2. The lowest BCUT2D eigenvalue weighted by Crippen LogP contribution is -2.40. The van der Waals surface area contributed by atoms with Crippen LogP contribution in [0.4, 0.5) is 0 Å². The highest BCUT2D eigenvalue weighted by molar-refractivity contribution is 7.11. The smallest absolute Gasteiger partial charge is 0.338 e. The quantitative estimate of drug-likeness (QED) is 0.518. The lowest BCUT2D eigenvalue weighted by molar-refractivity contribution is -0.143. The molecule has 0 N–H and O–H groups in total. The van der Waals surface area contributed by atoms with Crippen molar-refractivity contribution in [2.24, 2.45) is 4.99 Å². The zero-order valence-corrected chi connectivity index (χ0v) is 20.0. The monoisotopic (exact) mass is 468 g/mol. The fourth-order valence-corrected chi connectivity index (χ4v) is 5.36. The topological polar surface area (TPSA) is 69.9 Å². The summed E-state index contributed by atoms with van der Waals surface area (Å²) < 4.78 is 13.3. The van der Waals surface area contributed by atoms with Crippen LogP contribution in [0.25, 0.3) is 6.08 Å². The van der Waals surface area contributed by atoms with E-state index in [0.29, 0.717) is 27.2 Å². The van der Waals surface area contributed by atoms with Gasteiger partial charge in [-0.15, -0.1) is 11.3 Å². The van der Waals surface area contributed by atoms with Crippen LogP contribution in [-0.4, -0.2) is 23.2 Å². The number of fused-ring (bicyclic) bond motifs is 1. The number of hydrogen-bond acceptors (Lipinski definition) is 7. The molecule has 0 bridgehead atoms. The van der Waals surface area contributed by atoms with Crippen molar-refractivity contribution in [3.05, 3.63) is 83.2 Å². The van der Waals surface area contributed by atoms with E-state index >= 15 is 0 Å². The summed E-state index contributed by atoms with van der Waals surface area (Å²) in [6.07, 6.45) is 1.59. The lowest BCUT2D eigenvalue weighted by atomic mass is 9.96. The van der Waals surface area contributed by atoms with Gasteiger partial charge in [-0.25, -0.2) is 9.79 Å². The van der Waals surface area contributed by atoms with E-state index in [1.807, 2.05) is 54.8 Å². The van der Waals surface area contributed by atoms with Crippen LogP contribution in [0.1, 0.15) is 44.2 Å². The molecule has 3 aromatic rings. The standard InChI is InChI=1S/C24H24N2O4S2/c1-5-29-17-10-8-16(9-11-17)21-20(23(28)30-14(2)3)15(4)25-24-26(21)22(27)19(32-24)13-18-7-6-12-31-18/h6-14,21H,5H2,1-4H3/b19-13+. The number of aromatic nitrogens is 1. The van der Waals surface area contributed by atoms with Crippen molar-refractivity contribution in [2.75, 3.05) is 6.61 Å². The van der Waals surface area contributed by atoms with Crippen LogP contribution >= 0.6 is 22.7 Å². The second-order valence-corrected chi connectivity index (χ2v) is 9.54. The van der Waals surface area contributed by atoms with Gasteiger partial charge in [0, 0.05) is 4.88 Å². The van der Waals surface area contributed by atoms with Gasteiger partial charge in [0.05, 0.1) is 34.6 Å². The zero-order chi connectivity index (χ0) is 22.8. The van der Waals surface area contributed by atoms with Crippen molar-refractivity contribution >= 4 is 34.7 Å². The van der Waals surface area contributed by atoms with E-state index in [-0.39, 0.29) is 11.7 Å². The molecule has 6 nitrogen and oxygen atoms in total.